The molecule has 0 fully saturated rings. The van der Waals surface area contributed by atoms with Gasteiger partial charge in [-0.1, -0.05) is 87.5 Å². The van der Waals surface area contributed by atoms with Crippen molar-refractivity contribution in [2.75, 3.05) is 6.61 Å². The quantitative estimate of drug-likeness (QED) is 0.689. The molecular formula is C22H28OSSi. The van der Waals surface area contributed by atoms with Gasteiger partial charge >= 0.3 is 0 Å². The summed E-state index contributed by atoms with van der Waals surface area (Å²) >= 11 is 1.97. The second kappa shape index (κ2) is 7.53. The smallest absolute Gasteiger partial charge is 0.261 e. The highest BCUT2D eigenvalue weighted by Crippen LogP contribution is 2.38. The zero-order chi connectivity index (χ0) is 17.9. The topological polar surface area (TPSA) is 9.23 Å². The second-order valence-corrected chi connectivity index (χ2v) is 13.6. The van der Waals surface area contributed by atoms with Gasteiger partial charge in [0, 0.05) is 11.9 Å². The first-order valence-electron chi connectivity index (χ1n) is 9.02. The van der Waals surface area contributed by atoms with Crippen LogP contribution in [-0.2, 0) is 4.43 Å². The average molecular weight is 369 g/mol. The fourth-order valence-electron chi connectivity index (χ4n) is 3.74. The Bertz CT molecular complexity index is 679. The minimum absolute atomic E-state index is 0.0570. The summed E-state index contributed by atoms with van der Waals surface area (Å²) in [4.78, 5) is 1.43. The maximum atomic E-state index is 6.98. The minimum Gasteiger partial charge on any atom is -0.406 e. The molecule has 3 rings (SSSR count). The Morgan fingerprint density at radius 2 is 1.48 bits per heavy atom. The first kappa shape index (κ1) is 18.5. The molecule has 0 bridgehead atoms. The Balaban J connectivity index is 2.03. The summed E-state index contributed by atoms with van der Waals surface area (Å²) in [5.41, 5.74) is 0. The van der Waals surface area contributed by atoms with Gasteiger partial charge in [0.2, 0.25) is 0 Å². The maximum absolute atomic E-state index is 6.98. The van der Waals surface area contributed by atoms with E-state index in [1.807, 2.05) is 11.8 Å². The lowest BCUT2D eigenvalue weighted by molar-refractivity contribution is 0.298. The third-order valence-electron chi connectivity index (χ3n) is 4.92. The molecule has 0 saturated carbocycles. The highest BCUT2D eigenvalue weighted by molar-refractivity contribution is 8.03. The van der Waals surface area contributed by atoms with Crippen molar-refractivity contribution in [3.8, 4) is 0 Å². The molecule has 1 heterocycles. The summed E-state index contributed by atoms with van der Waals surface area (Å²) in [5, 5.41) is 3.32. The highest BCUT2D eigenvalue weighted by atomic mass is 32.2. The van der Waals surface area contributed by atoms with Gasteiger partial charge in [-0.05, 0) is 33.7 Å². The molecule has 0 radical (unpaired) electrons. The van der Waals surface area contributed by atoms with E-state index in [9.17, 15) is 0 Å². The van der Waals surface area contributed by atoms with Gasteiger partial charge < -0.3 is 4.43 Å². The largest absolute Gasteiger partial charge is 0.406 e. The van der Waals surface area contributed by atoms with E-state index in [1.54, 1.807) is 0 Å². The van der Waals surface area contributed by atoms with E-state index in [0.717, 1.165) is 13.0 Å². The molecule has 0 spiro atoms. The Kier molecular flexibility index (Phi) is 5.57. The number of thioether (sulfide) groups is 1. The van der Waals surface area contributed by atoms with Crippen LogP contribution in [-0.4, -0.2) is 20.2 Å². The lowest BCUT2D eigenvalue weighted by Gasteiger charge is -2.43. The van der Waals surface area contributed by atoms with Crippen molar-refractivity contribution >= 4 is 30.5 Å². The number of hydrogen-bond donors (Lipinski definition) is 0. The average Bonchev–Trinajstić information content (AvgIpc) is 3.02. The fraction of sp³-hybridized carbons (Fsp3) is 0.364. The van der Waals surface area contributed by atoms with Crippen molar-refractivity contribution in [2.45, 2.75) is 44.4 Å². The molecule has 132 valence electrons. The lowest BCUT2D eigenvalue weighted by atomic mass is 10.2. The molecule has 1 atom stereocenters. The number of allylic oxidation sites excluding steroid dienone is 2. The van der Waals surface area contributed by atoms with E-state index >= 15 is 0 Å². The molecule has 0 amide bonds. The van der Waals surface area contributed by atoms with Crippen LogP contribution in [0.3, 0.4) is 0 Å². The molecular weight excluding hydrogens is 340 g/mol. The molecule has 0 N–H and O–H groups in total. The van der Waals surface area contributed by atoms with Crippen LogP contribution in [0, 0.1) is 0 Å². The molecule has 1 aliphatic rings. The van der Waals surface area contributed by atoms with Crippen LogP contribution in [0.2, 0.25) is 5.04 Å². The van der Waals surface area contributed by atoms with Gasteiger partial charge in [-0.3, -0.25) is 0 Å². The molecule has 2 aromatic carbocycles. The van der Waals surface area contributed by atoms with Gasteiger partial charge in [-0.2, -0.15) is 0 Å². The van der Waals surface area contributed by atoms with Crippen LogP contribution < -0.4 is 10.4 Å². The third kappa shape index (κ3) is 3.79. The summed E-state index contributed by atoms with van der Waals surface area (Å²) in [6.45, 7) is 10.0. The van der Waals surface area contributed by atoms with Crippen molar-refractivity contribution in [1.29, 1.82) is 0 Å². The van der Waals surface area contributed by atoms with E-state index in [4.69, 9.17) is 4.43 Å². The summed E-state index contributed by atoms with van der Waals surface area (Å²) in [5.74, 6) is 0. The molecule has 0 saturated heterocycles. The summed E-state index contributed by atoms with van der Waals surface area (Å²) in [6.07, 6.45) is 3.46. The predicted octanol–water partition coefficient (Wildman–Crippen LogP) is 4.97. The van der Waals surface area contributed by atoms with Gasteiger partial charge in [0.25, 0.3) is 8.32 Å². The van der Waals surface area contributed by atoms with E-state index < -0.39 is 8.32 Å². The first-order chi connectivity index (χ1) is 11.9. The standard InChI is InChI=1S/C22H28OSSi/c1-18-15-16-19(24-18)17-23-25(22(2,3)4,20-11-7-5-8-12-20)21-13-9-6-10-14-21/h5-15,19H,16-17H2,1-4H3/t19-/m0/s1. The lowest BCUT2D eigenvalue weighted by Crippen LogP contribution is -2.67. The maximum Gasteiger partial charge on any atom is 0.261 e. The molecule has 0 aromatic heterocycles. The van der Waals surface area contributed by atoms with Crippen LogP contribution in [0.15, 0.2) is 71.6 Å². The Morgan fingerprint density at radius 3 is 1.88 bits per heavy atom. The van der Waals surface area contributed by atoms with Gasteiger partial charge in [0.05, 0.1) is 0 Å². The zero-order valence-electron chi connectivity index (χ0n) is 15.7. The normalized spacial score (nSPS) is 18.2. The summed E-state index contributed by atoms with van der Waals surface area (Å²) < 4.78 is 6.98. The highest BCUT2D eigenvalue weighted by Gasteiger charge is 2.50. The van der Waals surface area contributed by atoms with Crippen molar-refractivity contribution in [3.63, 3.8) is 0 Å². The van der Waals surface area contributed by atoms with Crippen molar-refractivity contribution in [1.82, 2.24) is 0 Å². The molecule has 0 aliphatic carbocycles. The van der Waals surface area contributed by atoms with Crippen LogP contribution >= 0.6 is 11.8 Å². The van der Waals surface area contributed by atoms with Gasteiger partial charge in [-0.25, -0.2) is 0 Å². The van der Waals surface area contributed by atoms with E-state index in [0.29, 0.717) is 5.25 Å². The minimum atomic E-state index is -2.38. The van der Waals surface area contributed by atoms with Crippen LogP contribution in [0.25, 0.3) is 0 Å². The Labute approximate surface area is 157 Å². The fourth-order valence-corrected chi connectivity index (χ4v) is 9.51. The SMILES string of the molecule is CC1=CC[C@@H](CO[Si](c2ccccc2)(c2ccccc2)C(C)(C)C)S1. The van der Waals surface area contributed by atoms with Crippen molar-refractivity contribution in [2.24, 2.45) is 0 Å². The number of benzene rings is 2. The van der Waals surface area contributed by atoms with E-state index in [2.05, 4.69) is 94.4 Å². The van der Waals surface area contributed by atoms with Gasteiger partial charge in [0.1, 0.15) is 0 Å². The first-order valence-corrected chi connectivity index (χ1v) is 11.8. The van der Waals surface area contributed by atoms with Crippen molar-refractivity contribution < 1.29 is 4.43 Å². The van der Waals surface area contributed by atoms with Crippen LogP contribution in [0.1, 0.15) is 34.1 Å². The molecule has 3 heteroatoms. The summed E-state index contributed by atoms with van der Waals surface area (Å²) in [6, 6.07) is 21.8. The van der Waals surface area contributed by atoms with Gasteiger partial charge in [-0.15, -0.1) is 11.8 Å². The molecule has 2 aromatic rings. The Hall–Kier alpha value is -1.29. The molecule has 1 aliphatic heterocycles. The molecule has 1 nitrogen and oxygen atoms in total. The molecule has 0 unspecified atom stereocenters. The predicted molar refractivity (Wildman–Crippen MR) is 113 cm³/mol. The zero-order valence-corrected chi connectivity index (χ0v) is 17.5. The van der Waals surface area contributed by atoms with E-state index in [-0.39, 0.29) is 5.04 Å². The second-order valence-electron chi connectivity index (χ2n) is 7.76. The number of rotatable bonds is 5. The van der Waals surface area contributed by atoms with Crippen LogP contribution in [0.5, 0.6) is 0 Å². The van der Waals surface area contributed by atoms with Crippen LogP contribution in [0.4, 0.5) is 0 Å². The Morgan fingerprint density at radius 1 is 0.960 bits per heavy atom. The summed E-state index contributed by atoms with van der Waals surface area (Å²) in [7, 11) is -2.38. The molecule has 25 heavy (non-hydrogen) atoms. The van der Waals surface area contributed by atoms with E-state index in [1.165, 1.54) is 15.3 Å². The van der Waals surface area contributed by atoms with Gasteiger partial charge in [0.15, 0.2) is 0 Å². The van der Waals surface area contributed by atoms with Crippen molar-refractivity contribution in [3.05, 3.63) is 71.6 Å². The number of hydrogen-bond acceptors (Lipinski definition) is 2. The monoisotopic (exact) mass is 368 g/mol. The third-order valence-corrected chi connectivity index (χ3v) is 11.1.